The first kappa shape index (κ1) is 16.5. The van der Waals surface area contributed by atoms with E-state index in [2.05, 4.69) is 40.0 Å². The summed E-state index contributed by atoms with van der Waals surface area (Å²) < 4.78 is 0. The molecule has 0 unspecified atom stereocenters. The zero-order chi connectivity index (χ0) is 16.4. The van der Waals surface area contributed by atoms with E-state index >= 15 is 0 Å². The van der Waals surface area contributed by atoms with E-state index < -0.39 is 10.8 Å². The molecule has 1 aliphatic rings. The van der Waals surface area contributed by atoms with Crippen molar-refractivity contribution < 1.29 is 0 Å². The molecule has 5 nitrogen and oxygen atoms in total. The third-order valence-electron chi connectivity index (χ3n) is 4.10. The molecule has 1 aromatic rings. The summed E-state index contributed by atoms with van der Waals surface area (Å²) >= 11 is 0. The van der Waals surface area contributed by atoms with Crippen molar-refractivity contribution in [3.05, 3.63) is 34.9 Å². The fraction of sp³-hybridized carbons (Fsp3) is 0.529. The van der Waals surface area contributed by atoms with Crippen LogP contribution in [0.1, 0.15) is 44.4 Å². The molecule has 1 aromatic carbocycles. The highest BCUT2D eigenvalue weighted by molar-refractivity contribution is 5.42. The van der Waals surface area contributed by atoms with Gasteiger partial charge in [-0.3, -0.25) is 5.32 Å². The number of benzene rings is 1. The van der Waals surface area contributed by atoms with Gasteiger partial charge in [-0.1, -0.05) is 18.2 Å². The van der Waals surface area contributed by atoms with Gasteiger partial charge in [-0.05, 0) is 44.4 Å². The Hall–Kier alpha value is -1.92. The fourth-order valence-corrected chi connectivity index (χ4v) is 2.38. The molecular weight excluding hydrogens is 274 g/mol. The van der Waals surface area contributed by atoms with Crippen molar-refractivity contribution in [1.82, 2.24) is 15.8 Å². The van der Waals surface area contributed by atoms with Crippen LogP contribution in [0.3, 0.4) is 0 Å². The van der Waals surface area contributed by atoms with Crippen LogP contribution in [0.5, 0.6) is 0 Å². The van der Waals surface area contributed by atoms with E-state index in [0.717, 1.165) is 36.6 Å². The number of nitrogens with zero attached hydrogens (tertiary/aromatic N) is 3. The highest BCUT2D eigenvalue weighted by Gasteiger charge is 2.26. The maximum atomic E-state index is 9.43. The smallest absolute Gasteiger partial charge is 0.0766 e. The Labute approximate surface area is 132 Å². The van der Waals surface area contributed by atoms with Crippen LogP contribution >= 0.6 is 0 Å². The minimum absolute atomic E-state index is 0.576. The van der Waals surface area contributed by atoms with Crippen LogP contribution in [0.2, 0.25) is 0 Å². The average Bonchev–Trinajstić information content (AvgIpc) is 2.99. The Morgan fingerprint density at radius 3 is 2.00 bits per heavy atom. The highest BCUT2D eigenvalue weighted by atomic mass is 15.6. The third-order valence-corrected chi connectivity index (χ3v) is 4.10. The first-order chi connectivity index (χ1) is 10.3. The summed E-state index contributed by atoms with van der Waals surface area (Å²) in [4.78, 5) is 0. The van der Waals surface area contributed by atoms with Crippen molar-refractivity contribution in [1.29, 1.82) is 10.5 Å². The Morgan fingerprint density at radius 2 is 1.59 bits per heavy atom. The summed E-state index contributed by atoms with van der Waals surface area (Å²) in [6.45, 7) is 9.91. The van der Waals surface area contributed by atoms with E-state index in [9.17, 15) is 10.5 Å². The summed E-state index contributed by atoms with van der Waals surface area (Å²) in [5.74, 6) is 0. The standard InChI is InChI=1S/C17H23N5/c1-16(2,9-18)14-5-13(8-22-12-20-11-21-22)6-15(7-14)17(3,4)10-19/h5-7,20-21H,8,11-12H2,1-4H3. The Balaban J connectivity index is 2.45. The van der Waals surface area contributed by atoms with Crippen molar-refractivity contribution in [2.24, 2.45) is 0 Å². The van der Waals surface area contributed by atoms with Crippen LogP contribution in [0.15, 0.2) is 18.2 Å². The second-order valence-corrected chi connectivity index (χ2v) is 6.83. The number of nitrogens with one attached hydrogen (secondary N) is 2. The van der Waals surface area contributed by atoms with Crippen molar-refractivity contribution >= 4 is 0 Å². The van der Waals surface area contributed by atoms with Crippen molar-refractivity contribution in [3.63, 3.8) is 0 Å². The quantitative estimate of drug-likeness (QED) is 0.890. The summed E-state index contributed by atoms with van der Waals surface area (Å²) in [5, 5.41) is 24.2. The van der Waals surface area contributed by atoms with Crippen LogP contribution < -0.4 is 10.7 Å². The first-order valence-corrected chi connectivity index (χ1v) is 7.45. The lowest BCUT2D eigenvalue weighted by atomic mass is 9.79. The van der Waals surface area contributed by atoms with E-state index in [1.807, 2.05) is 33.8 Å². The lowest BCUT2D eigenvalue weighted by Gasteiger charge is -2.24. The minimum atomic E-state index is -0.576. The van der Waals surface area contributed by atoms with Crippen LogP contribution in [-0.2, 0) is 17.4 Å². The van der Waals surface area contributed by atoms with E-state index in [0.29, 0.717) is 0 Å². The average molecular weight is 297 g/mol. The molecule has 0 radical (unpaired) electrons. The molecular formula is C17H23N5. The summed E-state index contributed by atoms with van der Waals surface area (Å²) in [6, 6.07) is 10.8. The topological polar surface area (TPSA) is 74.9 Å². The van der Waals surface area contributed by atoms with Crippen molar-refractivity contribution in [2.45, 2.75) is 45.1 Å². The molecule has 0 aromatic heterocycles. The molecule has 22 heavy (non-hydrogen) atoms. The molecule has 1 fully saturated rings. The molecule has 0 bridgehead atoms. The number of hydrogen-bond acceptors (Lipinski definition) is 5. The van der Waals surface area contributed by atoms with Crippen molar-refractivity contribution in [3.8, 4) is 12.1 Å². The zero-order valence-electron chi connectivity index (χ0n) is 13.7. The number of nitriles is 2. The normalized spacial score (nSPS) is 16.3. The Kier molecular flexibility index (Phi) is 4.53. The molecule has 0 aliphatic carbocycles. The van der Waals surface area contributed by atoms with E-state index in [1.165, 1.54) is 0 Å². The van der Waals surface area contributed by atoms with Crippen LogP contribution in [0.25, 0.3) is 0 Å². The molecule has 2 N–H and O–H groups in total. The lowest BCUT2D eigenvalue weighted by Crippen LogP contribution is -2.30. The lowest BCUT2D eigenvalue weighted by molar-refractivity contribution is 0.242. The van der Waals surface area contributed by atoms with Gasteiger partial charge in [0.25, 0.3) is 0 Å². The Morgan fingerprint density at radius 1 is 1.05 bits per heavy atom. The van der Waals surface area contributed by atoms with Crippen LogP contribution in [0, 0.1) is 22.7 Å². The maximum absolute atomic E-state index is 9.43. The molecule has 1 saturated heterocycles. The molecule has 0 saturated carbocycles. The molecule has 0 atom stereocenters. The van der Waals surface area contributed by atoms with Crippen LogP contribution in [0.4, 0.5) is 0 Å². The van der Waals surface area contributed by atoms with Gasteiger partial charge in [-0.15, -0.1) is 0 Å². The zero-order valence-corrected chi connectivity index (χ0v) is 13.7. The summed E-state index contributed by atoms with van der Waals surface area (Å²) in [5.41, 5.74) is 5.11. The van der Waals surface area contributed by atoms with Gasteiger partial charge >= 0.3 is 0 Å². The molecule has 116 valence electrons. The molecule has 0 amide bonds. The summed E-state index contributed by atoms with van der Waals surface area (Å²) in [7, 11) is 0. The molecule has 2 rings (SSSR count). The Bertz CT molecular complexity index is 583. The SMILES string of the molecule is CC(C)(C#N)c1cc(CN2CNCN2)cc(C(C)(C)C#N)c1. The van der Waals surface area contributed by atoms with Gasteiger partial charge in [0.2, 0.25) is 0 Å². The third kappa shape index (κ3) is 3.45. The maximum Gasteiger partial charge on any atom is 0.0766 e. The van der Waals surface area contributed by atoms with Crippen LogP contribution in [-0.4, -0.2) is 18.3 Å². The van der Waals surface area contributed by atoms with Gasteiger partial charge in [-0.2, -0.15) is 10.5 Å². The first-order valence-electron chi connectivity index (χ1n) is 7.45. The largest absolute Gasteiger partial charge is 0.290 e. The molecule has 5 heteroatoms. The van der Waals surface area contributed by atoms with Gasteiger partial charge in [-0.25, -0.2) is 10.4 Å². The predicted octanol–water partition coefficient (Wildman–Crippen LogP) is 2.11. The monoisotopic (exact) mass is 297 g/mol. The number of hydrazine groups is 1. The predicted molar refractivity (Wildman–Crippen MR) is 85.3 cm³/mol. The molecule has 1 aliphatic heterocycles. The van der Waals surface area contributed by atoms with Gasteiger partial charge in [0.05, 0.1) is 36.3 Å². The van der Waals surface area contributed by atoms with Gasteiger partial charge < -0.3 is 0 Å². The second-order valence-electron chi connectivity index (χ2n) is 6.83. The fourth-order valence-electron chi connectivity index (χ4n) is 2.38. The second kappa shape index (κ2) is 6.06. The highest BCUT2D eigenvalue weighted by Crippen LogP contribution is 2.30. The number of rotatable bonds is 4. The van der Waals surface area contributed by atoms with Gasteiger partial charge in [0.15, 0.2) is 0 Å². The van der Waals surface area contributed by atoms with E-state index in [-0.39, 0.29) is 0 Å². The summed E-state index contributed by atoms with van der Waals surface area (Å²) in [6.07, 6.45) is 0. The van der Waals surface area contributed by atoms with Gasteiger partial charge in [0, 0.05) is 6.54 Å². The van der Waals surface area contributed by atoms with Crippen molar-refractivity contribution in [2.75, 3.05) is 13.3 Å². The van der Waals surface area contributed by atoms with E-state index in [4.69, 9.17) is 0 Å². The minimum Gasteiger partial charge on any atom is -0.290 e. The van der Waals surface area contributed by atoms with Gasteiger partial charge in [0.1, 0.15) is 0 Å². The molecule has 0 spiro atoms. The number of hydrogen-bond donors (Lipinski definition) is 2. The van der Waals surface area contributed by atoms with E-state index in [1.54, 1.807) is 0 Å². The molecule has 1 heterocycles.